The van der Waals surface area contributed by atoms with E-state index in [4.69, 9.17) is 18.9 Å². The van der Waals surface area contributed by atoms with Crippen molar-refractivity contribution in [1.29, 1.82) is 0 Å². The molecule has 0 bridgehead atoms. The molecule has 1 N–H and O–H groups in total. The quantitative estimate of drug-likeness (QED) is 0.399. The Bertz CT molecular complexity index is 1270. The Morgan fingerprint density at radius 2 is 1.76 bits per heavy atom. The van der Waals surface area contributed by atoms with Crippen LogP contribution in [0.15, 0.2) is 41.7 Å². The standard InChI is InChI=1S/C24H23N3O6S/c1-3-27-18(15-4-5-19-20(8-15)31-7-6-30-19)11-25-24(27)34-12-23(29)26-17-10-22-21(32-13-33-22)9-16(17)14(2)28/h4-5,8-11H,3,6-7,12-13H2,1-2H3,(H,26,29). The number of hydrogen-bond acceptors (Lipinski definition) is 8. The number of nitrogens with one attached hydrogen (secondary N) is 1. The Morgan fingerprint density at radius 1 is 1.03 bits per heavy atom. The fourth-order valence-electron chi connectivity index (χ4n) is 3.87. The summed E-state index contributed by atoms with van der Waals surface area (Å²) in [5, 5.41) is 3.54. The van der Waals surface area contributed by atoms with E-state index in [1.165, 1.54) is 18.7 Å². The second-order valence-electron chi connectivity index (χ2n) is 7.67. The highest BCUT2D eigenvalue weighted by molar-refractivity contribution is 7.99. The van der Waals surface area contributed by atoms with Gasteiger partial charge < -0.3 is 28.8 Å². The molecule has 0 aliphatic carbocycles. The molecule has 0 radical (unpaired) electrons. The molecule has 2 aromatic carbocycles. The van der Waals surface area contributed by atoms with Gasteiger partial charge in [0.1, 0.15) is 13.2 Å². The second-order valence-corrected chi connectivity index (χ2v) is 8.62. The Kier molecular flexibility index (Phi) is 6.06. The number of nitrogens with zero attached hydrogens (tertiary/aromatic N) is 2. The number of benzene rings is 2. The minimum absolute atomic E-state index is 0.0886. The summed E-state index contributed by atoms with van der Waals surface area (Å²) in [6.07, 6.45) is 1.79. The van der Waals surface area contributed by atoms with Crippen LogP contribution in [0.4, 0.5) is 5.69 Å². The van der Waals surface area contributed by atoms with Crippen LogP contribution in [0, 0.1) is 0 Å². The van der Waals surface area contributed by atoms with Crippen LogP contribution in [-0.4, -0.2) is 47.0 Å². The molecular weight excluding hydrogens is 458 g/mol. The minimum atomic E-state index is -0.252. The zero-order chi connectivity index (χ0) is 23.7. The van der Waals surface area contributed by atoms with Gasteiger partial charge in [-0.15, -0.1) is 0 Å². The lowest BCUT2D eigenvalue weighted by molar-refractivity contribution is -0.113. The molecule has 0 saturated heterocycles. The summed E-state index contributed by atoms with van der Waals surface area (Å²) in [7, 11) is 0. The van der Waals surface area contributed by atoms with E-state index in [-0.39, 0.29) is 24.2 Å². The number of thioether (sulfide) groups is 1. The molecule has 3 heterocycles. The summed E-state index contributed by atoms with van der Waals surface area (Å²) in [5.74, 6) is 2.14. The van der Waals surface area contributed by atoms with Crippen LogP contribution in [0.5, 0.6) is 23.0 Å². The highest BCUT2D eigenvalue weighted by Gasteiger charge is 2.21. The molecule has 176 valence electrons. The third-order valence-corrected chi connectivity index (χ3v) is 6.46. The first-order valence-electron chi connectivity index (χ1n) is 10.9. The number of aromatic nitrogens is 2. The van der Waals surface area contributed by atoms with E-state index in [0.29, 0.717) is 48.3 Å². The van der Waals surface area contributed by atoms with E-state index in [9.17, 15) is 9.59 Å². The Balaban J connectivity index is 1.30. The number of rotatable bonds is 7. The van der Waals surface area contributed by atoms with E-state index >= 15 is 0 Å². The first-order chi connectivity index (χ1) is 16.5. The molecule has 0 atom stereocenters. The van der Waals surface area contributed by atoms with Crippen LogP contribution in [-0.2, 0) is 11.3 Å². The maximum atomic E-state index is 12.7. The lowest BCUT2D eigenvalue weighted by Crippen LogP contribution is -2.16. The third kappa shape index (κ3) is 4.28. The number of fused-ring (bicyclic) bond motifs is 2. The van der Waals surface area contributed by atoms with Crippen molar-refractivity contribution in [2.24, 2.45) is 0 Å². The molecule has 10 heteroatoms. The monoisotopic (exact) mass is 481 g/mol. The first-order valence-corrected chi connectivity index (χ1v) is 11.8. The van der Waals surface area contributed by atoms with Gasteiger partial charge in [-0.3, -0.25) is 9.59 Å². The molecule has 0 saturated carbocycles. The number of ether oxygens (including phenoxy) is 4. The fraction of sp³-hybridized carbons (Fsp3) is 0.292. The van der Waals surface area contributed by atoms with E-state index in [2.05, 4.69) is 10.3 Å². The molecule has 9 nitrogen and oxygen atoms in total. The van der Waals surface area contributed by atoms with Gasteiger partial charge in [0, 0.05) is 23.7 Å². The number of Topliss-reactive ketones (excluding diaryl/α,β-unsaturated/α-hetero) is 1. The van der Waals surface area contributed by atoms with Crippen LogP contribution >= 0.6 is 11.8 Å². The maximum Gasteiger partial charge on any atom is 0.234 e. The Morgan fingerprint density at radius 3 is 2.53 bits per heavy atom. The van der Waals surface area contributed by atoms with Crippen LogP contribution in [0.2, 0.25) is 0 Å². The zero-order valence-corrected chi connectivity index (χ0v) is 19.6. The predicted molar refractivity (Wildman–Crippen MR) is 126 cm³/mol. The number of anilines is 1. The molecule has 3 aromatic rings. The van der Waals surface area contributed by atoms with E-state index in [1.807, 2.05) is 29.7 Å². The smallest absolute Gasteiger partial charge is 0.234 e. The highest BCUT2D eigenvalue weighted by Crippen LogP contribution is 2.38. The topological polar surface area (TPSA) is 101 Å². The number of carbonyl (C=O) groups is 2. The average Bonchev–Trinajstić information content (AvgIpc) is 3.47. The average molecular weight is 482 g/mol. The van der Waals surface area contributed by atoms with Gasteiger partial charge in [-0.05, 0) is 38.1 Å². The van der Waals surface area contributed by atoms with E-state index in [1.54, 1.807) is 18.3 Å². The lowest BCUT2D eigenvalue weighted by Gasteiger charge is -2.19. The van der Waals surface area contributed by atoms with E-state index < -0.39 is 0 Å². The van der Waals surface area contributed by atoms with Gasteiger partial charge >= 0.3 is 0 Å². The molecule has 0 fully saturated rings. The normalized spacial score (nSPS) is 13.6. The van der Waals surface area contributed by atoms with Gasteiger partial charge in [0.05, 0.1) is 23.3 Å². The van der Waals surface area contributed by atoms with Crippen molar-refractivity contribution in [2.45, 2.75) is 25.5 Å². The molecule has 0 spiro atoms. The van der Waals surface area contributed by atoms with Crippen molar-refractivity contribution in [3.8, 4) is 34.3 Å². The SMILES string of the molecule is CCn1c(-c2ccc3c(c2)OCCO3)cnc1SCC(=O)Nc1cc2c(cc1C(C)=O)OCO2. The number of carbonyl (C=O) groups excluding carboxylic acids is 2. The predicted octanol–water partition coefficient (Wildman–Crippen LogP) is 4.00. The summed E-state index contributed by atoms with van der Waals surface area (Å²) >= 11 is 1.33. The van der Waals surface area contributed by atoms with Crippen molar-refractivity contribution in [3.63, 3.8) is 0 Å². The molecule has 2 aliphatic heterocycles. The van der Waals surface area contributed by atoms with Crippen molar-refractivity contribution in [3.05, 3.63) is 42.1 Å². The van der Waals surface area contributed by atoms with Crippen molar-refractivity contribution < 1.29 is 28.5 Å². The molecule has 5 rings (SSSR count). The van der Waals surface area contributed by atoms with Crippen LogP contribution in [0.3, 0.4) is 0 Å². The Hall–Kier alpha value is -3.66. The summed E-state index contributed by atoms with van der Waals surface area (Å²) < 4.78 is 24.1. The first kappa shape index (κ1) is 22.1. The largest absolute Gasteiger partial charge is 0.486 e. The molecule has 0 unspecified atom stereocenters. The highest BCUT2D eigenvalue weighted by atomic mass is 32.2. The van der Waals surface area contributed by atoms with Gasteiger partial charge in [0.2, 0.25) is 12.7 Å². The van der Waals surface area contributed by atoms with Gasteiger partial charge in [-0.2, -0.15) is 0 Å². The lowest BCUT2D eigenvalue weighted by atomic mass is 10.1. The van der Waals surface area contributed by atoms with Crippen molar-refractivity contribution in [2.75, 3.05) is 31.1 Å². The number of imidazole rings is 1. The zero-order valence-electron chi connectivity index (χ0n) is 18.8. The summed E-state index contributed by atoms with van der Waals surface area (Å²) in [6, 6.07) is 9.03. The molecule has 1 aromatic heterocycles. The van der Waals surface area contributed by atoms with Gasteiger partial charge in [-0.1, -0.05) is 11.8 Å². The third-order valence-electron chi connectivity index (χ3n) is 5.47. The second kappa shape index (κ2) is 9.30. The number of amides is 1. The molecular formula is C24H23N3O6S. The van der Waals surface area contributed by atoms with Crippen LogP contribution < -0.4 is 24.3 Å². The Labute approximate surface area is 200 Å². The number of hydrogen-bond donors (Lipinski definition) is 1. The number of ketones is 1. The van der Waals surface area contributed by atoms with Crippen molar-refractivity contribution in [1.82, 2.24) is 9.55 Å². The maximum absolute atomic E-state index is 12.7. The molecule has 34 heavy (non-hydrogen) atoms. The summed E-state index contributed by atoms with van der Waals surface area (Å²) in [4.78, 5) is 29.3. The molecule has 2 aliphatic rings. The van der Waals surface area contributed by atoms with Gasteiger partial charge in [-0.25, -0.2) is 4.98 Å². The van der Waals surface area contributed by atoms with Gasteiger partial charge in [0.25, 0.3) is 0 Å². The van der Waals surface area contributed by atoms with Crippen molar-refractivity contribution >= 4 is 29.1 Å². The summed E-state index contributed by atoms with van der Waals surface area (Å²) in [5.41, 5.74) is 2.66. The van der Waals surface area contributed by atoms with E-state index in [0.717, 1.165) is 22.2 Å². The van der Waals surface area contributed by atoms with Crippen LogP contribution in [0.25, 0.3) is 11.3 Å². The van der Waals surface area contributed by atoms with Crippen LogP contribution in [0.1, 0.15) is 24.2 Å². The minimum Gasteiger partial charge on any atom is -0.486 e. The fourth-order valence-corrected chi connectivity index (χ4v) is 4.71. The summed E-state index contributed by atoms with van der Waals surface area (Å²) in [6.45, 7) is 5.31. The van der Waals surface area contributed by atoms with Gasteiger partial charge in [0.15, 0.2) is 33.9 Å². The molecule has 1 amide bonds.